The molecule has 0 N–H and O–H groups in total. The Morgan fingerprint density at radius 1 is 1.00 bits per heavy atom. The Bertz CT molecular complexity index is 753. The molecule has 4 heteroatoms. The molecule has 1 heterocycles. The molecule has 0 spiro atoms. The second-order valence-electron chi connectivity index (χ2n) is 4.88. The molecule has 0 saturated carbocycles. The third kappa shape index (κ3) is 3.53. The molecule has 1 atom stereocenters. The molecule has 4 rings (SSSR count). The van der Waals surface area contributed by atoms with Gasteiger partial charge in [0.25, 0.3) is 0 Å². The van der Waals surface area contributed by atoms with Crippen LogP contribution < -0.4 is 0 Å². The van der Waals surface area contributed by atoms with E-state index in [-0.39, 0.29) is 23.1 Å². The second-order valence-corrected chi connectivity index (χ2v) is 4.88. The molecule has 4 aromatic rings. The van der Waals surface area contributed by atoms with E-state index >= 15 is 0 Å². The van der Waals surface area contributed by atoms with E-state index in [0.29, 0.717) is 0 Å². The van der Waals surface area contributed by atoms with E-state index in [1.807, 2.05) is 65.3 Å². The van der Waals surface area contributed by atoms with E-state index in [2.05, 4.69) is 35.4 Å². The molecule has 0 aliphatic carbocycles. The van der Waals surface area contributed by atoms with Crippen molar-refractivity contribution in [2.24, 2.45) is 0 Å². The van der Waals surface area contributed by atoms with Crippen LogP contribution in [-0.2, 0) is 17.1 Å². The smallest absolute Gasteiger partial charge is 0.249 e. The molecular formula is C18H17FeN3. The maximum Gasteiger partial charge on any atom is 2.00 e. The fourth-order valence-electron chi connectivity index (χ4n) is 2.30. The zero-order valence-corrected chi connectivity index (χ0v) is 13.4. The molecule has 0 fully saturated rings. The summed E-state index contributed by atoms with van der Waals surface area (Å²) in [6.07, 6.45) is 0. The van der Waals surface area contributed by atoms with Crippen molar-refractivity contribution in [2.75, 3.05) is 0 Å². The summed E-state index contributed by atoms with van der Waals surface area (Å²) in [7, 11) is 0. The standard InChI is InChI=1S/C13H12N3.C5H5.Fe/c1-10(11-6-2-3-7-11)16-13-9-5-4-8-12(13)14-15-16;1-2-4-5-3-1;/h2-10H,1H3;1-5H;/q2*-1;+2. The average Bonchev–Trinajstić information content (AvgIpc) is 3.28. The summed E-state index contributed by atoms with van der Waals surface area (Å²) in [5, 5.41) is 8.38. The van der Waals surface area contributed by atoms with Crippen LogP contribution in [0.4, 0.5) is 0 Å². The third-order valence-electron chi connectivity index (χ3n) is 3.47. The largest absolute Gasteiger partial charge is 2.00 e. The van der Waals surface area contributed by atoms with Gasteiger partial charge in [-0.15, -0.1) is 10.7 Å². The topological polar surface area (TPSA) is 30.7 Å². The van der Waals surface area contributed by atoms with Crippen molar-refractivity contribution in [3.63, 3.8) is 0 Å². The van der Waals surface area contributed by atoms with E-state index in [9.17, 15) is 0 Å². The minimum atomic E-state index is 0. The summed E-state index contributed by atoms with van der Waals surface area (Å²) in [4.78, 5) is 0. The van der Waals surface area contributed by atoms with Crippen LogP contribution in [0.15, 0.2) is 78.9 Å². The summed E-state index contributed by atoms with van der Waals surface area (Å²) >= 11 is 0. The average molecular weight is 331 g/mol. The molecule has 22 heavy (non-hydrogen) atoms. The number of hydrogen-bond donors (Lipinski definition) is 0. The number of aromatic nitrogens is 3. The third-order valence-corrected chi connectivity index (χ3v) is 3.47. The van der Waals surface area contributed by atoms with Crippen molar-refractivity contribution < 1.29 is 17.1 Å². The van der Waals surface area contributed by atoms with Gasteiger partial charge in [-0.1, -0.05) is 17.3 Å². The predicted octanol–water partition coefficient (Wildman–Crippen LogP) is 4.16. The van der Waals surface area contributed by atoms with Gasteiger partial charge in [-0.3, -0.25) is 0 Å². The van der Waals surface area contributed by atoms with Gasteiger partial charge in [-0.25, -0.2) is 28.9 Å². The van der Waals surface area contributed by atoms with Crippen LogP contribution >= 0.6 is 0 Å². The van der Waals surface area contributed by atoms with E-state index < -0.39 is 0 Å². The summed E-state index contributed by atoms with van der Waals surface area (Å²) in [6, 6.07) is 26.6. The maximum atomic E-state index is 4.22. The first-order valence-corrected chi connectivity index (χ1v) is 7.04. The molecule has 0 saturated heterocycles. The van der Waals surface area contributed by atoms with Crippen molar-refractivity contribution in [3.05, 3.63) is 84.4 Å². The minimum Gasteiger partial charge on any atom is -0.249 e. The van der Waals surface area contributed by atoms with Gasteiger partial charge in [0.15, 0.2) is 0 Å². The second kappa shape index (κ2) is 7.74. The zero-order chi connectivity index (χ0) is 14.5. The van der Waals surface area contributed by atoms with Crippen molar-refractivity contribution in [3.8, 4) is 0 Å². The molecule has 0 aliphatic rings. The normalized spacial score (nSPS) is 11.3. The first-order chi connectivity index (χ1) is 10.4. The van der Waals surface area contributed by atoms with E-state index in [1.165, 1.54) is 5.56 Å². The number of hydrogen-bond acceptors (Lipinski definition) is 2. The summed E-state index contributed by atoms with van der Waals surface area (Å²) in [5.41, 5.74) is 3.28. The van der Waals surface area contributed by atoms with Gasteiger partial charge in [0, 0.05) is 6.04 Å². The molecule has 1 aromatic heterocycles. The van der Waals surface area contributed by atoms with Gasteiger partial charge in [-0.05, 0) is 19.1 Å². The Hall–Kier alpha value is -2.16. The Labute approximate surface area is 140 Å². The fraction of sp³-hybridized carbons (Fsp3) is 0.111. The van der Waals surface area contributed by atoms with Crippen molar-refractivity contribution >= 4 is 11.0 Å². The Balaban J connectivity index is 0.000000253. The van der Waals surface area contributed by atoms with Crippen LogP contribution in [-0.4, -0.2) is 15.0 Å². The number of para-hydroxylation sites is 1. The van der Waals surface area contributed by atoms with E-state index in [0.717, 1.165) is 11.0 Å². The van der Waals surface area contributed by atoms with Gasteiger partial charge >= 0.3 is 17.1 Å². The molecule has 0 amide bonds. The quantitative estimate of drug-likeness (QED) is 0.408. The fourth-order valence-corrected chi connectivity index (χ4v) is 2.30. The van der Waals surface area contributed by atoms with Crippen LogP contribution in [0.2, 0.25) is 0 Å². The molecule has 3 aromatic carbocycles. The molecule has 1 unspecified atom stereocenters. The molecular weight excluding hydrogens is 314 g/mol. The molecule has 0 bridgehead atoms. The Morgan fingerprint density at radius 2 is 1.68 bits per heavy atom. The minimum absolute atomic E-state index is 0. The first-order valence-electron chi connectivity index (χ1n) is 7.04. The predicted molar refractivity (Wildman–Crippen MR) is 85.4 cm³/mol. The summed E-state index contributed by atoms with van der Waals surface area (Å²) in [6.45, 7) is 2.14. The van der Waals surface area contributed by atoms with Gasteiger partial charge in [0.05, 0.1) is 5.52 Å². The van der Waals surface area contributed by atoms with Crippen LogP contribution in [0.5, 0.6) is 0 Å². The van der Waals surface area contributed by atoms with Crippen molar-refractivity contribution in [1.82, 2.24) is 15.0 Å². The number of benzene rings is 1. The van der Waals surface area contributed by atoms with E-state index in [1.54, 1.807) is 0 Å². The van der Waals surface area contributed by atoms with Crippen molar-refractivity contribution in [1.29, 1.82) is 0 Å². The number of rotatable bonds is 2. The maximum absolute atomic E-state index is 4.22. The Morgan fingerprint density at radius 3 is 2.32 bits per heavy atom. The summed E-state index contributed by atoms with van der Waals surface area (Å²) < 4.78 is 1.96. The van der Waals surface area contributed by atoms with Crippen molar-refractivity contribution in [2.45, 2.75) is 13.0 Å². The molecule has 0 radical (unpaired) electrons. The SMILES string of the molecule is CC([c-]1cccc1)n1nnc2ccccc21.[Fe+2].c1cc[cH-]c1. The van der Waals surface area contributed by atoms with Crippen LogP contribution in [0.25, 0.3) is 11.0 Å². The number of fused-ring (bicyclic) bond motifs is 1. The van der Waals surface area contributed by atoms with E-state index in [4.69, 9.17) is 0 Å². The zero-order valence-electron chi connectivity index (χ0n) is 12.3. The van der Waals surface area contributed by atoms with Gasteiger partial charge in [0.2, 0.25) is 0 Å². The first kappa shape index (κ1) is 16.2. The number of nitrogens with zero attached hydrogens (tertiary/aromatic N) is 3. The van der Waals surface area contributed by atoms with Crippen LogP contribution in [0.3, 0.4) is 0 Å². The van der Waals surface area contributed by atoms with Gasteiger partial charge in [0.1, 0.15) is 5.52 Å². The van der Waals surface area contributed by atoms with Gasteiger partial charge < -0.3 is 0 Å². The monoisotopic (exact) mass is 331 g/mol. The van der Waals surface area contributed by atoms with Crippen LogP contribution in [0.1, 0.15) is 18.5 Å². The molecule has 3 nitrogen and oxygen atoms in total. The Kier molecular flexibility index (Phi) is 5.70. The van der Waals surface area contributed by atoms with Gasteiger partial charge in [-0.2, -0.15) is 30.3 Å². The van der Waals surface area contributed by atoms with Crippen LogP contribution in [0, 0.1) is 0 Å². The summed E-state index contributed by atoms with van der Waals surface area (Å²) in [5.74, 6) is 0. The molecule has 0 aliphatic heterocycles. The molecule has 112 valence electrons.